The Hall–Kier alpha value is -2.78. The highest BCUT2D eigenvalue weighted by molar-refractivity contribution is 7.89. The number of carbonyl (C=O) groups is 2. The van der Waals surface area contributed by atoms with Gasteiger partial charge in [-0.3, -0.25) is 9.59 Å². The first-order valence-electron chi connectivity index (χ1n) is 9.71. The highest BCUT2D eigenvalue weighted by Gasteiger charge is 2.29. The number of nitrogens with one attached hydrogen (secondary N) is 1. The molecular weight excluding hydrogens is 409 g/mol. The molecule has 0 atom stereocenters. The molecule has 7 nitrogen and oxygen atoms in total. The van der Waals surface area contributed by atoms with Gasteiger partial charge in [-0.1, -0.05) is 36.4 Å². The fourth-order valence-corrected chi connectivity index (χ4v) is 4.67. The maximum atomic E-state index is 13.6. The van der Waals surface area contributed by atoms with Gasteiger partial charge in [0.1, 0.15) is 5.82 Å². The van der Waals surface area contributed by atoms with Gasteiger partial charge in [-0.2, -0.15) is 4.31 Å². The fourth-order valence-electron chi connectivity index (χ4n) is 3.22. The molecule has 2 aromatic rings. The van der Waals surface area contributed by atoms with E-state index in [1.54, 1.807) is 53.4 Å². The van der Waals surface area contributed by atoms with Gasteiger partial charge in [0.15, 0.2) is 0 Å². The quantitative estimate of drug-likeness (QED) is 0.721. The van der Waals surface area contributed by atoms with Crippen LogP contribution in [0.2, 0.25) is 0 Å². The van der Waals surface area contributed by atoms with E-state index >= 15 is 0 Å². The Morgan fingerprint density at radius 3 is 2.20 bits per heavy atom. The van der Waals surface area contributed by atoms with Crippen molar-refractivity contribution in [1.29, 1.82) is 0 Å². The fraction of sp³-hybridized carbons (Fsp3) is 0.333. The number of halogens is 1. The minimum atomic E-state index is -3.57. The van der Waals surface area contributed by atoms with Crippen molar-refractivity contribution in [1.82, 2.24) is 14.5 Å². The van der Waals surface area contributed by atoms with Crippen molar-refractivity contribution < 1.29 is 22.4 Å². The second kappa shape index (κ2) is 9.82. The summed E-state index contributed by atoms with van der Waals surface area (Å²) in [5.74, 6) is -0.929. The van der Waals surface area contributed by atoms with E-state index in [0.29, 0.717) is 5.56 Å². The third kappa shape index (κ3) is 5.43. The molecule has 160 valence electrons. The molecular formula is C21H24FN3O4S. The number of benzene rings is 2. The van der Waals surface area contributed by atoms with Crippen molar-refractivity contribution in [3.05, 3.63) is 66.0 Å². The van der Waals surface area contributed by atoms with Crippen LogP contribution < -0.4 is 5.32 Å². The summed E-state index contributed by atoms with van der Waals surface area (Å²) in [5, 5.41) is 2.61. The van der Waals surface area contributed by atoms with E-state index < -0.39 is 15.8 Å². The first kappa shape index (κ1) is 21.9. The number of hydrogen-bond donors (Lipinski definition) is 1. The minimum Gasteiger partial charge on any atom is -0.352 e. The lowest BCUT2D eigenvalue weighted by Crippen LogP contribution is -2.50. The van der Waals surface area contributed by atoms with E-state index in [1.165, 1.54) is 10.4 Å². The van der Waals surface area contributed by atoms with Crippen molar-refractivity contribution >= 4 is 21.8 Å². The SMILES string of the molecule is O=C(CCC(=O)N1CCN(S(=O)(=O)c2ccccc2)CC1)NCc1ccccc1F. The predicted octanol–water partition coefficient (Wildman–Crippen LogP) is 1.76. The van der Waals surface area contributed by atoms with Gasteiger partial charge in [-0.05, 0) is 18.2 Å². The molecule has 9 heteroatoms. The summed E-state index contributed by atoms with van der Waals surface area (Å²) in [6.07, 6.45) is 0.0182. The van der Waals surface area contributed by atoms with Crippen molar-refractivity contribution in [2.75, 3.05) is 26.2 Å². The van der Waals surface area contributed by atoms with Gasteiger partial charge in [-0.15, -0.1) is 0 Å². The summed E-state index contributed by atoms with van der Waals surface area (Å²) in [6.45, 7) is 1.05. The Kier molecular flexibility index (Phi) is 7.17. The summed E-state index contributed by atoms with van der Waals surface area (Å²) in [7, 11) is -3.57. The number of amides is 2. The van der Waals surface area contributed by atoms with Gasteiger partial charge >= 0.3 is 0 Å². The summed E-state index contributed by atoms with van der Waals surface area (Å²) in [4.78, 5) is 26.1. The zero-order valence-corrected chi connectivity index (χ0v) is 17.3. The molecule has 1 aliphatic heterocycles. The van der Waals surface area contributed by atoms with Crippen LogP contribution in [0.3, 0.4) is 0 Å². The van der Waals surface area contributed by atoms with Crippen LogP contribution in [0.5, 0.6) is 0 Å². The normalized spacial score (nSPS) is 15.0. The van der Waals surface area contributed by atoms with Crippen molar-refractivity contribution in [3.63, 3.8) is 0 Å². The van der Waals surface area contributed by atoms with E-state index in [0.717, 1.165) is 0 Å². The summed E-state index contributed by atoms with van der Waals surface area (Å²) >= 11 is 0. The first-order valence-corrected chi connectivity index (χ1v) is 11.1. The molecule has 0 radical (unpaired) electrons. The molecule has 0 spiro atoms. The molecule has 0 saturated carbocycles. The highest BCUT2D eigenvalue weighted by atomic mass is 32.2. The molecule has 3 rings (SSSR count). The molecule has 0 unspecified atom stereocenters. The van der Waals surface area contributed by atoms with Gasteiger partial charge in [0, 0.05) is 51.1 Å². The van der Waals surface area contributed by atoms with E-state index in [4.69, 9.17) is 0 Å². The Bertz CT molecular complexity index is 990. The molecule has 1 aliphatic rings. The number of sulfonamides is 1. The van der Waals surface area contributed by atoms with Crippen LogP contribution >= 0.6 is 0 Å². The summed E-state index contributed by atoms with van der Waals surface area (Å²) in [5.41, 5.74) is 0.382. The third-order valence-corrected chi connectivity index (χ3v) is 6.88. The van der Waals surface area contributed by atoms with Crippen LogP contribution in [-0.4, -0.2) is 55.6 Å². The van der Waals surface area contributed by atoms with Gasteiger partial charge in [0.25, 0.3) is 0 Å². The van der Waals surface area contributed by atoms with Crippen molar-refractivity contribution in [3.8, 4) is 0 Å². The maximum absolute atomic E-state index is 13.6. The van der Waals surface area contributed by atoms with Gasteiger partial charge in [0.05, 0.1) is 4.90 Å². The van der Waals surface area contributed by atoms with Crippen LogP contribution in [0.4, 0.5) is 4.39 Å². The van der Waals surface area contributed by atoms with E-state index in [9.17, 15) is 22.4 Å². The number of rotatable bonds is 7. The van der Waals surface area contributed by atoms with Crippen LogP contribution in [0.15, 0.2) is 59.5 Å². The molecule has 1 saturated heterocycles. The van der Waals surface area contributed by atoms with E-state index in [2.05, 4.69) is 5.32 Å². The average Bonchev–Trinajstić information content (AvgIpc) is 2.77. The summed E-state index contributed by atoms with van der Waals surface area (Å²) < 4.78 is 40.2. The van der Waals surface area contributed by atoms with Crippen LogP contribution in [0.25, 0.3) is 0 Å². The summed E-state index contributed by atoms with van der Waals surface area (Å²) in [6, 6.07) is 14.4. The second-order valence-electron chi connectivity index (χ2n) is 6.97. The average molecular weight is 434 g/mol. The Morgan fingerprint density at radius 1 is 0.900 bits per heavy atom. The van der Waals surface area contributed by atoms with Gasteiger partial charge < -0.3 is 10.2 Å². The number of hydrogen-bond acceptors (Lipinski definition) is 4. The van der Waals surface area contributed by atoms with Gasteiger partial charge in [-0.25, -0.2) is 12.8 Å². The zero-order chi connectivity index (χ0) is 21.6. The molecule has 0 bridgehead atoms. The van der Waals surface area contributed by atoms with E-state index in [-0.39, 0.29) is 62.3 Å². The van der Waals surface area contributed by atoms with Crippen LogP contribution in [0.1, 0.15) is 18.4 Å². The van der Waals surface area contributed by atoms with Crippen molar-refractivity contribution in [2.24, 2.45) is 0 Å². The Labute approximate surface area is 175 Å². The molecule has 2 amide bonds. The van der Waals surface area contributed by atoms with Crippen LogP contribution in [-0.2, 0) is 26.2 Å². The highest BCUT2D eigenvalue weighted by Crippen LogP contribution is 2.17. The monoisotopic (exact) mass is 433 g/mol. The number of nitrogens with zero attached hydrogens (tertiary/aromatic N) is 2. The number of carbonyl (C=O) groups excluding carboxylic acids is 2. The molecule has 1 N–H and O–H groups in total. The lowest BCUT2D eigenvalue weighted by Gasteiger charge is -2.34. The smallest absolute Gasteiger partial charge is 0.243 e. The van der Waals surface area contributed by atoms with Crippen molar-refractivity contribution in [2.45, 2.75) is 24.3 Å². The number of piperazine rings is 1. The minimum absolute atomic E-state index is 0.00415. The van der Waals surface area contributed by atoms with Gasteiger partial charge in [0.2, 0.25) is 21.8 Å². The zero-order valence-electron chi connectivity index (χ0n) is 16.5. The topological polar surface area (TPSA) is 86.8 Å². The Balaban J connectivity index is 1.43. The van der Waals surface area contributed by atoms with E-state index in [1.807, 2.05) is 0 Å². The molecule has 1 fully saturated rings. The standard InChI is InChI=1S/C21H24FN3O4S/c22-19-9-5-4-6-17(19)16-23-20(26)10-11-21(27)24-12-14-25(15-13-24)30(28,29)18-7-2-1-3-8-18/h1-9H,10-16H2,(H,23,26). The maximum Gasteiger partial charge on any atom is 0.243 e. The lowest BCUT2D eigenvalue weighted by atomic mass is 10.2. The lowest BCUT2D eigenvalue weighted by molar-refractivity contribution is -0.134. The second-order valence-corrected chi connectivity index (χ2v) is 8.90. The molecule has 30 heavy (non-hydrogen) atoms. The predicted molar refractivity (Wildman–Crippen MR) is 109 cm³/mol. The first-order chi connectivity index (χ1) is 14.4. The molecule has 0 aliphatic carbocycles. The third-order valence-electron chi connectivity index (χ3n) is 4.97. The van der Waals surface area contributed by atoms with Crippen LogP contribution in [0, 0.1) is 5.82 Å². The molecule has 1 heterocycles. The Morgan fingerprint density at radius 2 is 1.53 bits per heavy atom. The molecule has 0 aromatic heterocycles. The molecule has 2 aromatic carbocycles. The largest absolute Gasteiger partial charge is 0.352 e.